The Bertz CT molecular complexity index is 1450. The van der Waals surface area contributed by atoms with E-state index in [0.29, 0.717) is 51.4 Å². The van der Waals surface area contributed by atoms with Gasteiger partial charge in [0.2, 0.25) is 0 Å². The van der Waals surface area contributed by atoms with Gasteiger partial charge in [0.15, 0.2) is 22.2 Å². The topological polar surface area (TPSA) is 69.9 Å². The summed E-state index contributed by atoms with van der Waals surface area (Å²) in [5, 5.41) is 1.84. The predicted molar refractivity (Wildman–Crippen MR) is 135 cm³/mol. The van der Waals surface area contributed by atoms with Gasteiger partial charge in [-0.2, -0.15) is 0 Å². The van der Waals surface area contributed by atoms with Crippen LogP contribution in [-0.2, 0) is 0 Å². The number of methoxy groups -OCH3 is 1. The number of carbonyl (C=O) groups excluding carboxylic acids is 1. The van der Waals surface area contributed by atoms with Crippen molar-refractivity contribution in [2.75, 3.05) is 13.7 Å². The number of fused-ring (bicyclic) bond motifs is 1. The van der Waals surface area contributed by atoms with Crippen molar-refractivity contribution in [2.45, 2.75) is 19.8 Å². The lowest BCUT2D eigenvalue weighted by Crippen LogP contribution is -2.17. The van der Waals surface area contributed by atoms with Crippen molar-refractivity contribution < 1.29 is 14.3 Å². The molecule has 2 aromatic carbocycles. The molecule has 4 aromatic rings. The van der Waals surface area contributed by atoms with Gasteiger partial charge in [-0.15, -0.1) is 11.3 Å². The van der Waals surface area contributed by atoms with E-state index in [1.54, 1.807) is 42.0 Å². The zero-order valence-corrected chi connectivity index (χ0v) is 19.8. The molecule has 0 unspecified atom stereocenters. The summed E-state index contributed by atoms with van der Waals surface area (Å²) < 4.78 is 13.2. The van der Waals surface area contributed by atoms with Crippen molar-refractivity contribution in [1.29, 1.82) is 0 Å². The Balaban J connectivity index is 1.60. The van der Waals surface area contributed by atoms with Gasteiger partial charge in [0.05, 0.1) is 25.0 Å². The van der Waals surface area contributed by atoms with Crippen molar-refractivity contribution in [3.05, 3.63) is 81.2 Å². The van der Waals surface area contributed by atoms with E-state index in [9.17, 15) is 9.59 Å². The van der Waals surface area contributed by atoms with Crippen LogP contribution in [0.2, 0.25) is 0 Å². The van der Waals surface area contributed by atoms with Crippen molar-refractivity contribution in [3.8, 4) is 22.6 Å². The summed E-state index contributed by atoms with van der Waals surface area (Å²) in [6.07, 6.45) is 7.86. The quantitative estimate of drug-likeness (QED) is 0.313. The van der Waals surface area contributed by atoms with Crippen LogP contribution in [0.3, 0.4) is 0 Å². The van der Waals surface area contributed by atoms with Crippen LogP contribution in [0.1, 0.15) is 41.4 Å². The highest BCUT2D eigenvalue weighted by Crippen LogP contribution is 2.36. The van der Waals surface area contributed by atoms with E-state index in [1.165, 1.54) is 31.1 Å². The molecule has 5 rings (SSSR count). The normalized spacial score (nSPS) is 13.5. The van der Waals surface area contributed by atoms with Gasteiger partial charge >= 0.3 is 0 Å². The van der Waals surface area contributed by atoms with E-state index < -0.39 is 0 Å². The molecule has 0 atom stereocenters. The SMILES string of the molecule is COc1cccc(/C=C/c2nc3sccn3c(=O)c2-c2ccc(C(C)=O)cc2)c1OCC1CC1. The maximum absolute atomic E-state index is 13.4. The summed E-state index contributed by atoms with van der Waals surface area (Å²) in [5.74, 6) is 1.94. The first kappa shape index (κ1) is 22.1. The fourth-order valence-corrected chi connectivity index (χ4v) is 4.51. The minimum absolute atomic E-state index is 0.0217. The number of ketones is 1. The van der Waals surface area contributed by atoms with Crippen molar-refractivity contribution in [2.24, 2.45) is 5.92 Å². The fourth-order valence-electron chi connectivity index (χ4n) is 3.79. The number of carbonyl (C=O) groups is 1. The van der Waals surface area contributed by atoms with Crippen molar-refractivity contribution >= 4 is 34.2 Å². The Kier molecular flexibility index (Phi) is 6.02. The van der Waals surface area contributed by atoms with Crippen molar-refractivity contribution in [3.63, 3.8) is 0 Å². The first-order valence-electron chi connectivity index (χ1n) is 11.1. The number of aromatic nitrogens is 2. The Hall–Kier alpha value is -3.71. The molecule has 1 saturated carbocycles. The highest BCUT2D eigenvalue weighted by Gasteiger charge is 2.23. The van der Waals surface area contributed by atoms with Crippen LogP contribution in [0.5, 0.6) is 11.5 Å². The number of hydrogen-bond acceptors (Lipinski definition) is 6. The maximum Gasteiger partial charge on any atom is 0.266 e. The minimum Gasteiger partial charge on any atom is -0.493 e. The summed E-state index contributed by atoms with van der Waals surface area (Å²) in [4.78, 5) is 30.4. The third-order valence-corrected chi connectivity index (χ3v) is 6.64. The third kappa shape index (κ3) is 4.39. The Morgan fingerprint density at radius 1 is 1.18 bits per heavy atom. The monoisotopic (exact) mass is 472 g/mol. The largest absolute Gasteiger partial charge is 0.493 e. The Morgan fingerprint density at radius 3 is 2.68 bits per heavy atom. The van der Waals surface area contributed by atoms with Crippen LogP contribution in [-0.4, -0.2) is 28.9 Å². The molecule has 0 spiro atoms. The molecule has 0 N–H and O–H groups in total. The second kappa shape index (κ2) is 9.27. The van der Waals surface area contributed by atoms with Crippen LogP contribution in [0, 0.1) is 5.92 Å². The smallest absolute Gasteiger partial charge is 0.266 e. The molecule has 2 heterocycles. The lowest BCUT2D eigenvalue weighted by Gasteiger charge is -2.13. The molecule has 6 nitrogen and oxygen atoms in total. The maximum atomic E-state index is 13.4. The van der Waals surface area contributed by atoms with E-state index in [0.717, 1.165) is 5.56 Å². The standard InChI is InChI=1S/C27H24N2O4S/c1-17(30)19-8-10-20(11-9-19)24-22(28-27-29(26(24)31)14-15-34-27)13-12-21-4-3-5-23(32-2)25(21)33-16-18-6-7-18/h3-5,8-15,18H,6-7,16H2,1-2H3/b13-12+. The van der Waals surface area contributed by atoms with Gasteiger partial charge in [0.1, 0.15) is 0 Å². The molecule has 0 aliphatic heterocycles. The van der Waals surface area contributed by atoms with Crippen LogP contribution in [0.15, 0.2) is 58.8 Å². The summed E-state index contributed by atoms with van der Waals surface area (Å²) in [5.41, 5.74) is 3.03. The number of thiazole rings is 1. The number of hydrogen-bond donors (Lipinski definition) is 0. The summed E-state index contributed by atoms with van der Waals surface area (Å²) >= 11 is 1.40. The van der Waals surface area contributed by atoms with Crippen LogP contribution < -0.4 is 15.0 Å². The second-order valence-electron chi connectivity index (χ2n) is 8.33. The van der Waals surface area contributed by atoms with Gasteiger partial charge in [-0.05, 0) is 49.5 Å². The lowest BCUT2D eigenvalue weighted by molar-refractivity contribution is 0.101. The average molecular weight is 473 g/mol. The van der Waals surface area contributed by atoms with E-state index in [1.807, 2.05) is 35.7 Å². The molecule has 172 valence electrons. The molecule has 34 heavy (non-hydrogen) atoms. The molecule has 1 fully saturated rings. The molecule has 0 radical (unpaired) electrons. The highest BCUT2D eigenvalue weighted by atomic mass is 32.1. The fraction of sp³-hybridized carbons (Fsp3) is 0.222. The molecule has 1 aliphatic carbocycles. The van der Waals surface area contributed by atoms with E-state index in [-0.39, 0.29) is 11.3 Å². The lowest BCUT2D eigenvalue weighted by atomic mass is 10.0. The number of rotatable bonds is 8. The molecule has 0 amide bonds. The number of nitrogens with zero attached hydrogens (tertiary/aromatic N) is 2. The van der Waals surface area contributed by atoms with Gasteiger partial charge in [-0.1, -0.05) is 36.4 Å². The number of Topliss-reactive ketones (excluding diaryl/α,β-unsaturated/α-hetero) is 1. The van der Waals surface area contributed by atoms with Gasteiger partial charge in [-0.3, -0.25) is 14.0 Å². The Labute approximate surface area is 201 Å². The van der Waals surface area contributed by atoms with E-state index in [2.05, 4.69) is 0 Å². The summed E-state index contributed by atoms with van der Waals surface area (Å²) in [6.45, 7) is 2.18. The predicted octanol–water partition coefficient (Wildman–Crippen LogP) is 5.59. The average Bonchev–Trinajstić information content (AvgIpc) is 3.56. The Morgan fingerprint density at radius 2 is 1.97 bits per heavy atom. The van der Waals surface area contributed by atoms with Gasteiger partial charge in [0, 0.05) is 22.7 Å². The highest BCUT2D eigenvalue weighted by molar-refractivity contribution is 7.15. The first-order valence-corrected chi connectivity index (χ1v) is 12.0. The number of para-hydroxylation sites is 1. The second-order valence-corrected chi connectivity index (χ2v) is 9.21. The molecular weight excluding hydrogens is 448 g/mol. The summed E-state index contributed by atoms with van der Waals surface area (Å²) in [6, 6.07) is 12.8. The third-order valence-electron chi connectivity index (χ3n) is 5.88. The summed E-state index contributed by atoms with van der Waals surface area (Å²) in [7, 11) is 1.63. The van der Waals surface area contributed by atoms with E-state index >= 15 is 0 Å². The van der Waals surface area contributed by atoms with Gasteiger partial charge in [-0.25, -0.2) is 4.98 Å². The molecule has 2 aromatic heterocycles. The molecule has 7 heteroatoms. The van der Waals surface area contributed by atoms with Crippen LogP contribution in [0.25, 0.3) is 28.2 Å². The van der Waals surface area contributed by atoms with Gasteiger partial charge in [0.25, 0.3) is 5.56 Å². The van der Waals surface area contributed by atoms with Gasteiger partial charge < -0.3 is 9.47 Å². The minimum atomic E-state index is -0.155. The molecule has 0 bridgehead atoms. The van der Waals surface area contributed by atoms with E-state index in [4.69, 9.17) is 14.5 Å². The van der Waals surface area contributed by atoms with Crippen LogP contribution in [0.4, 0.5) is 0 Å². The van der Waals surface area contributed by atoms with Crippen molar-refractivity contribution in [1.82, 2.24) is 9.38 Å². The number of benzene rings is 2. The molecular formula is C27H24N2O4S. The van der Waals surface area contributed by atoms with Crippen LogP contribution >= 0.6 is 11.3 Å². The number of ether oxygens (including phenoxy) is 2. The zero-order chi connectivity index (χ0) is 23.7. The molecule has 1 aliphatic rings. The zero-order valence-electron chi connectivity index (χ0n) is 19.0. The first-order chi connectivity index (χ1) is 16.5. The molecule has 0 saturated heterocycles.